The first-order valence-corrected chi connectivity index (χ1v) is 6.98. The van der Waals surface area contributed by atoms with Crippen LogP contribution >= 0.6 is 11.6 Å². The van der Waals surface area contributed by atoms with Crippen LogP contribution in [-0.4, -0.2) is 11.3 Å². The van der Waals surface area contributed by atoms with Gasteiger partial charge in [0.2, 0.25) is 0 Å². The summed E-state index contributed by atoms with van der Waals surface area (Å²) in [7, 11) is 0. The van der Waals surface area contributed by atoms with Gasteiger partial charge in [-0.05, 0) is 48.9 Å². The maximum atomic E-state index is 12.0. The topological polar surface area (TPSA) is 62.8 Å². The van der Waals surface area contributed by atoms with Crippen LogP contribution in [0.3, 0.4) is 0 Å². The molecule has 0 aliphatic heterocycles. The molecule has 0 atom stereocenters. The van der Waals surface area contributed by atoms with Gasteiger partial charge < -0.3 is 9.52 Å². The Morgan fingerprint density at radius 3 is 2.64 bits per heavy atom. The minimum Gasteiger partial charge on any atom is -0.506 e. The monoisotopic (exact) mass is 313 g/mol. The second-order valence-corrected chi connectivity index (χ2v) is 5.32. The highest BCUT2D eigenvalue weighted by Crippen LogP contribution is 2.26. The zero-order chi connectivity index (χ0) is 15.7. The predicted octanol–water partition coefficient (Wildman–Crippen LogP) is 4.21. The fraction of sp³-hybridized carbons (Fsp3) is 0.0588. The minimum absolute atomic E-state index is 0.0197. The number of aromatic hydroxyl groups is 1. The van der Waals surface area contributed by atoms with Crippen molar-refractivity contribution in [2.45, 2.75) is 6.92 Å². The Hall–Kier alpha value is -2.59. The standard InChI is InChI=1S/C17H12ClNO3/c1-10-2-7-13-15(8-10)22-17(21)14(16(13)20)9-19-12-5-3-11(18)4-6-12/h2-9,20H,1H3. The van der Waals surface area contributed by atoms with Crippen LogP contribution in [-0.2, 0) is 0 Å². The lowest BCUT2D eigenvalue weighted by Gasteiger charge is -2.03. The summed E-state index contributed by atoms with van der Waals surface area (Å²) in [5.74, 6) is -0.135. The van der Waals surface area contributed by atoms with Crippen molar-refractivity contribution in [2.75, 3.05) is 0 Å². The number of hydrogen-bond acceptors (Lipinski definition) is 4. The number of fused-ring (bicyclic) bond motifs is 1. The molecule has 0 saturated carbocycles. The van der Waals surface area contributed by atoms with E-state index in [2.05, 4.69) is 4.99 Å². The number of benzene rings is 2. The van der Waals surface area contributed by atoms with Gasteiger partial charge >= 0.3 is 5.63 Å². The van der Waals surface area contributed by atoms with E-state index < -0.39 is 5.63 Å². The van der Waals surface area contributed by atoms with E-state index in [1.54, 1.807) is 36.4 Å². The molecular formula is C17H12ClNO3. The smallest absolute Gasteiger partial charge is 0.348 e. The Morgan fingerprint density at radius 1 is 1.18 bits per heavy atom. The lowest BCUT2D eigenvalue weighted by Crippen LogP contribution is -2.07. The van der Waals surface area contributed by atoms with Crippen LogP contribution in [0.2, 0.25) is 5.02 Å². The molecule has 0 fully saturated rings. The van der Waals surface area contributed by atoms with Gasteiger partial charge in [0.05, 0.1) is 11.1 Å². The largest absolute Gasteiger partial charge is 0.506 e. The third-order valence-corrected chi connectivity index (χ3v) is 3.49. The number of rotatable bonds is 2. The van der Waals surface area contributed by atoms with E-state index in [-0.39, 0.29) is 11.3 Å². The summed E-state index contributed by atoms with van der Waals surface area (Å²) >= 11 is 5.80. The highest BCUT2D eigenvalue weighted by Gasteiger charge is 2.12. The predicted molar refractivity (Wildman–Crippen MR) is 87.6 cm³/mol. The van der Waals surface area contributed by atoms with E-state index in [4.69, 9.17) is 16.0 Å². The van der Waals surface area contributed by atoms with Crippen LogP contribution in [0.5, 0.6) is 5.75 Å². The Labute approximate surface area is 131 Å². The molecule has 0 spiro atoms. The lowest BCUT2D eigenvalue weighted by molar-refractivity contribution is 0.466. The van der Waals surface area contributed by atoms with Gasteiger partial charge in [0, 0.05) is 11.2 Å². The van der Waals surface area contributed by atoms with Gasteiger partial charge in [0.25, 0.3) is 0 Å². The molecule has 1 aromatic heterocycles. The fourth-order valence-corrected chi connectivity index (χ4v) is 2.21. The number of aryl methyl sites for hydroxylation is 1. The Balaban J connectivity index is 2.09. The van der Waals surface area contributed by atoms with Crippen molar-refractivity contribution in [1.29, 1.82) is 0 Å². The van der Waals surface area contributed by atoms with Gasteiger partial charge in [-0.15, -0.1) is 0 Å². The molecule has 0 aliphatic rings. The quantitative estimate of drug-likeness (QED) is 0.569. The number of halogens is 1. The van der Waals surface area contributed by atoms with Gasteiger partial charge in [-0.25, -0.2) is 4.79 Å². The van der Waals surface area contributed by atoms with E-state index >= 15 is 0 Å². The zero-order valence-electron chi connectivity index (χ0n) is 11.7. The molecule has 1 N–H and O–H groups in total. The molecule has 0 bridgehead atoms. The molecule has 0 aliphatic carbocycles. The third-order valence-electron chi connectivity index (χ3n) is 3.24. The molecule has 3 aromatic rings. The molecule has 4 nitrogen and oxygen atoms in total. The second-order valence-electron chi connectivity index (χ2n) is 4.89. The van der Waals surface area contributed by atoms with Crippen LogP contribution in [0, 0.1) is 6.92 Å². The molecule has 110 valence electrons. The van der Waals surface area contributed by atoms with E-state index in [9.17, 15) is 9.90 Å². The van der Waals surface area contributed by atoms with Crippen LogP contribution in [0.15, 0.2) is 56.7 Å². The summed E-state index contributed by atoms with van der Waals surface area (Å²) in [6, 6.07) is 12.1. The number of nitrogens with zero attached hydrogens (tertiary/aromatic N) is 1. The van der Waals surface area contributed by atoms with Crippen LogP contribution in [0.4, 0.5) is 5.69 Å². The first-order valence-electron chi connectivity index (χ1n) is 6.60. The highest BCUT2D eigenvalue weighted by atomic mass is 35.5. The maximum absolute atomic E-state index is 12.0. The SMILES string of the molecule is Cc1ccc2c(O)c(C=Nc3ccc(Cl)cc3)c(=O)oc2c1. The molecule has 3 rings (SSSR count). The number of aliphatic imine (C=N–C) groups is 1. The Bertz CT molecular complexity index is 927. The fourth-order valence-electron chi connectivity index (χ4n) is 2.09. The van der Waals surface area contributed by atoms with Gasteiger partial charge in [-0.2, -0.15) is 0 Å². The highest BCUT2D eigenvalue weighted by molar-refractivity contribution is 6.30. The van der Waals surface area contributed by atoms with Crippen LogP contribution in [0.1, 0.15) is 11.1 Å². The normalized spacial score (nSPS) is 11.4. The first kappa shape index (κ1) is 14.4. The van der Waals surface area contributed by atoms with Crippen molar-refractivity contribution in [1.82, 2.24) is 0 Å². The molecule has 22 heavy (non-hydrogen) atoms. The molecule has 1 heterocycles. The van der Waals surface area contributed by atoms with Crippen LogP contribution < -0.4 is 5.63 Å². The van der Waals surface area contributed by atoms with Crippen molar-refractivity contribution < 1.29 is 9.52 Å². The molecular weight excluding hydrogens is 302 g/mol. The van der Waals surface area contributed by atoms with Gasteiger partial charge in [-0.1, -0.05) is 17.7 Å². The lowest BCUT2D eigenvalue weighted by atomic mass is 10.1. The summed E-state index contributed by atoms with van der Waals surface area (Å²) in [5, 5.41) is 11.3. The summed E-state index contributed by atoms with van der Waals surface area (Å²) < 4.78 is 5.23. The van der Waals surface area contributed by atoms with Gasteiger partial charge in [0.15, 0.2) is 0 Å². The zero-order valence-corrected chi connectivity index (χ0v) is 12.5. The summed E-state index contributed by atoms with van der Waals surface area (Å²) in [6.07, 6.45) is 1.30. The van der Waals surface area contributed by atoms with Crippen molar-refractivity contribution in [3.63, 3.8) is 0 Å². The van der Waals surface area contributed by atoms with Crippen LogP contribution in [0.25, 0.3) is 11.0 Å². The summed E-state index contributed by atoms with van der Waals surface area (Å²) in [5.41, 5.74) is 1.30. The second kappa shape index (κ2) is 5.66. The minimum atomic E-state index is -0.631. The van der Waals surface area contributed by atoms with E-state index in [1.807, 2.05) is 13.0 Å². The van der Waals surface area contributed by atoms with Gasteiger partial charge in [0.1, 0.15) is 16.9 Å². The van der Waals surface area contributed by atoms with Gasteiger partial charge in [-0.3, -0.25) is 4.99 Å². The average molecular weight is 314 g/mol. The third kappa shape index (κ3) is 2.73. The molecule has 0 amide bonds. The molecule has 0 saturated heterocycles. The van der Waals surface area contributed by atoms with E-state index in [1.165, 1.54) is 6.21 Å². The molecule has 0 unspecified atom stereocenters. The van der Waals surface area contributed by atoms with Crippen molar-refractivity contribution >= 4 is 34.5 Å². The summed E-state index contributed by atoms with van der Waals surface area (Å²) in [6.45, 7) is 1.88. The molecule has 2 aromatic carbocycles. The Morgan fingerprint density at radius 2 is 1.91 bits per heavy atom. The van der Waals surface area contributed by atoms with Crippen molar-refractivity contribution in [3.05, 3.63) is 69.0 Å². The number of hydrogen-bond donors (Lipinski definition) is 1. The first-order chi connectivity index (χ1) is 10.5. The average Bonchev–Trinajstić information content (AvgIpc) is 2.48. The maximum Gasteiger partial charge on any atom is 0.348 e. The van der Waals surface area contributed by atoms with E-state index in [0.29, 0.717) is 21.7 Å². The molecule has 5 heteroatoms. The Kier molecular flexibility index (Phi) is 3.69. The summed E-state index contributed by atoms with van der Waals surface area (Å²) in [4.78, 5) is 16.2. The molecule has 0 radical (unpaired) electrons. The van der Waals surface area contributed by atoms with E-state index in [0.717, 1.165) is 5.56 Å². The van der Waals surface area contributed by atoms with Crippen molar-refractivity contribution in [3.8, 4) is 5.75 Å². The van der Waals surface area contributed by atoms with Crippen molar-refractivity contribution in [2.24, 2.45) is 4.99 Å².